The first kappa shape index (κ1) is 54.8. The molecule has 3 unspecified atom stereocenters. The number of hydrogen-bond donors (Lipinski definition) is 4. The highest BCUT2D eigenvalue weighted by Gasteiger charge is 2.12. The van der Waals surface area contributed by atoms with Gasteiger partial charge in [0, 0.05) is 19.6 Å². The molecule has 0 aromatic carbocycles. The normalized spacial score (nSPS) is 13.7. The summed E-state index contributed by atoms with van der Waals surface area (Å²) >= 11 is 0. The molecule has 0 aliphatic rings. The molecule has 5 heteroatoms. The summed E-state index contributed by atoms with van der Waals surface area (Å²) in [6.45, 7) is 22.2. The lowest BCUT2D eigenvalue weighted by atomic mass is 9.97. The maximum Gasteiger partial charge on any atom is 0.0571 e. The van der Waals surface area contributed by atoms with Crippen molar-refractivity contribution in [3.8, 4) is 0 Å². The molecule has 0 aromatic heterocycles. The minimum Gasteiger partial charge on any atom is -0.302 e. The maximum atomic E-state index is 3.97. The standard InChI is InChI=1S/C50H107N5/c1-8-12-15-17-19-25-29-33-42-51-50(52-46-49(11-4)39-14-10-3)40-32-28-24-22-21-23-27-31-35-45-55(53-43-34-30-26-20-18-16-13-9-2)54-44-41-48(7)38-36-37-47(5)6/h47-54H,8-46H2,1-7H3. The number of unbranched alkanes of at least 4 members (excludes halogenated alkanes) is 23. The minimum absolute atomic E-state index is 0.502. The van der Waals surface area contributed by atoms with Crippen LogP contribution in [0.2, 0.25) is 0 Å². The van der Waals surface area contributed by atoms with E-state index in [2.05, 4.69) is 75.1 Å². The molecule has 0 aliphatic carbocycles. The zero-order chi connectivity index (χ0) is 40.3. The van der Waals surface area contributed by atoms with Crippen LogP contribution in [0.4, 0.5) is 0 Å². The molecule has 0 amide bonds. The molecule has 0 fully saturated rings. The Morgan fingerprint density at radius 1 is 0.382 bits per heavy atom. The van der Waals surface area contributed by atoms with Crippen molar-refractivity contribution in [2.45, 2.75) is 273 Å². The van der Waals surface area contributed by atoms with Crippen LogP contribution >= 0.6 is 0 Å². The third-order valence-corrected chi connectivity index (χ3v) is 12.2. The van der Waals surface area contributed by atoms with Gasteiger partial charge in [0.1, 0.15) is 0 Å². The van der Waals surface area contributed by atoms with E-state index >= 15 is 0 Å². The number of hydrogen-bond acceptors (Lipinski definition) is 5. The Kier molecular flexibility index (Phi) is 44.7. The molecular formula is C50H107N5. The van der Waals surface area contributed by atoms with Crippen molar-refractivity contribution < 1.29 is 0 Å². The largest absolute Gasteiger partial charge is 0.302 e. The lowest BCUT2D eigenvalue weighted by Crippen LogP contribution is -2.49. The molecule has 0 saturated carbocycles. The Bertz CT molecular complexity index is 702. The Labute approximate surface area is 349 Å². The Balaban J connectivity index is 4.31. The molecule has 3 atom stereocenters. The molecule has 0 aliphatic heterocycles. The topological polar surface area (TPSA) is 51.4 Å². The van der Waals surface area contributed by atoms with Crippen LogP contribution in [0, 0.1) is 17.8 Å². The van der Waals surface area contributed by atoms with Gasteiger partial charge in [0.05, 0.1) is 6.17 Å². The lowest BCUT2D eigenvalue weighted by Gasteiger charge is -2.25. The van der Waals surface area contributed by atoms with Crippen LogP contribution in [0.3, 0.4) is 0 Å². The van der Waals surface area contributed by atoms with Gasteiger partial charge in [0.25, 0.3) is 0 Å². The summed E-state index contributed by atoms with van der Waals surface area (Å²) < 4.78 is 0. The second-order valence-electron chi connectivity index (χ2n) is 18.4. The Morgan fingerprint density at radius 3 is 1.42 bits per heavy atom. The monoisotopic (exact) mass is 778 g/mol. The summed E-state index contributed by atoms with van der Waals surface area (Å²) in [6.07, 6.45) is 47.4. The van der Waals surface area contributed by atoms with Crippen molar-refractivity contribution in [2.75, 3.05) is 32.7 Å². The van der Waals surface area contributed by atoms with Crippen LogP contribution in [-0.4, -0.2) is 44.0 Å². The van der Waals surface area contributed by atoms with Gasteiger partial charge in [-0.1, -0.05) is 228 Å². The summed E-state index contributed by atoms with van der Waals surface area (Å²) in [4.78, 5) is 0. The molecule has 0 heterocycles. The average molecular weight is 778 g/mol. The molecule has 0 radical (unpaired) electrons. The maximum absolute atomic E-state index is 3.97. The summed E-state index contributed by atoms with van der Waals surface area (Å²) in [5.74, 6) is 2.48. The van der Waals surface area contributed by atoms with Gasteiger partial charge >= 0.3 is 0 Å². The van der Waals surface area contributed by atoms with Gasteiger partial charge in [-0.3, -0.25) is 0 Å². The summed E-state index contributed by atoms with van der Waals surface area (Å²) in [5.41, 5.74) is 7.54. The summed E-state index contributed by atoms with van der Waals surface area (Å²) in [5, 5.41) is 10.3. The third-order valence-electron chi connectivity index (χ3n) is 12.2. The van der Waals surface area contributed by atoms with E-state index in [1.54, 1.807) is 0 Å². The molecular weight excluding hydrogens is 671 g/mol. The lowest BCUT2D eigenvalue weighted by molar-refractivity contribution is 0.106. The fourth-order valence-corrected chi connectivity index (χ4v) is 8.07. The van der Waals surface area contributed by atoms with Crippen molar-refractivity contribution in [2.24, 2.45) is 17.8 Å². The molecule has 0 spiro atoms. The van der Waals surface area contributed by atoms with E-state index in [4.69, 9.17) is 0 Å². The van der Waals surface area contributed by atoms with E-state index in [0.29, 0.717) is 6.17 Å². The first-order valence-electron chi connectivity index (χ1n) is 25.7. The van der Waals surface area contributed by atoms with Crippen LogP contribution in [-0.2, 0) is 0 Å². The second-order valence-corrected chi connectivity index (χ2v) is 18.4. The van der Waals surface area contributed by atoms with Crippen LogP contribution in [0.1, 0.15) is 267 Å². The van der Waals surface area contributed by atoms with E-state index in [0.717, 1.165) is 37.4 Å². The molecule has 0 aromatic rings. The summed E-state index contributed by atoms with van der Waals surface area (Å²) in [7, 11) is 0. The van der Waals surface area contributed by atoms with E-state index in [-0.39, 0.29) is 0 Å². The highest BCUT2D eigenvalue weighted by molar-refractivity contribution is 4.69. The van der Waals surface area contributed by atoms with Gasteiger partial charge < -0.3 is 10.6 Å². The zero-order valence-corrected chi connectivity index (χ0v) is 39.3. The molecule has 4 N–H and O–H groups in total. The van der Waals surface area contributed by atoms with Gasteiger partial charge in [-0.25, -0.2) is 10.9 Å². The van der Waals surface area contributed by atoms with Crippen LogP contribution in [0.25, 0.3) is 0 Å². The predicted octanol–water partition coefficient (Wildman–Crippen LogP) is 15.1. The van der Waals surface area contributed by atoms with Crippen molar-refractivity contribution >= 4 is 0 Å². The van der Waals surface area contributed by atoms with Gasteiger partial charge in [-0.2, -0.15) is 5.12 Å². The SMILES string of the molecule is CCCCCCCCCCNC(CCCCCCCCCCCN(NCCCCCCCCCC)NCCC(C)CCCC(C)C)NCC(CC)CCCC. The van der Waals surface area contributed by atoms with Crippen LogP contribution in [0.15, 0.2) is 0 Å². The van der Waals surface area contributed by atoms with Gasteiger partial charge in [0.2, 0.25) is 0 Å². The van der Waals surface area contributed by atoms with Gasteiger partial charge in [0.15, 0.2) is 0 Å². The average Bonchev–Trinajstić information content (AvgIpc) is 3.17. The predicted molar refractivity (Wildman–Crippen MR) is 250 cm³/mol. The number of rotatable bonds is 47. The Hall–Kier alpha value is -0.200. The van der Waals surface area contributed by atoms with E-state index in [9.17, 15) is 0 Å². The quantitative estimate of drug-likeness (QED) is 0.0282. The smallest absolute Gasteiger partial charge is 0.0571 e. The zero-order valence-electron chi connectivity index (χ0n) is 39.3. The van der Waals surface area contributed by atoms with Crippen molar-refractivity contribution in [3.05, 3.63) is 0 Å². The van der Waals surface area contributed by atoms with E-state index in [1.165, 1.54) is 231 Å². The van der Waals surface area contributed by atoms with Crippen molar-refractivity contribution in [1.82, 2.24) is 26.6 Å². The fraction of sp³-hybridized carbons (Fsp3) is 1.00. The molecule has 332 valence electrons. The van der Waals surface area contributed by atoms with E-state index < -0.39 is 0 Å². The molecule has 5 nitrogen and oxygen atoms in total. The molecule has 0 saturated heterocycles. The molecule has 55 heavy (non-hydrogen) atoms. The first-order chi connectivity index (χ1) is 27.0. The fourth-order valence-electron chi connectivity index (χ4n) is 8.07. The highest BCUT2D eigenvalue weighted by Crippen LogP contribution is 2.16. The summed E-state index contributed by atoms with van der Waals surface area (Å²) in [6, 6.07) is 0. The van der Waals surface area contributed by atoms with Crippen molar-refractivity contribution in [3.63, 3.8) is 0 Å². The van der Waals surface area contributed by atoms with Crippen LogP contribution < -0.4 is 21.5 Å². The number of nitrogens with zero attached hydrogens (tertiary/aromatic N) is 1. The van der Waals surface area contributed by atoms with Crippen molar-refractivity contribution in [1.29, 1.82) is 0 Å². The third kappa shape index (κ3) is 41.8. The number of hydrazine groups is 2. The Morgan fingerprint density at radius 2 is 0.873 bits per heavy atom. The minimum atomic E-state index is 0.502. The van der Waals surface area contributed by atoms with Gasteiger partial charge in [-0.05, 0) is 69.4 Å². The van der Waals surface area contributed by atoms with Gasteiger partial charge in [-0.15, -0.1) is 0 Å². The number of nitrogens with one attached hydrogen (secondary N) is 4. The van der Waals surface area contributed by atoms with Crippen LogP contribution in [0.5, 0.6) is 0 Å². The molecule has 0 bridgehead atoms. The second kappa shape index (κ2) is 44.9. The van der Waals surface area contributed by atoms with E-state index in [1.807, 2.05) is 0 Å². The highest BCUT2D eigenvalue weighted by atomic mass is 15.7. The first-order valence-corrected chi connectivity index (χ1v) is 25.7. The molecule has 0 rings (SSSR count).